The highest BCUT2D eigenvalue weighted by molar-refractivity contribution is 7.20. The van der Waals surface area contributed by atoms with Crippen molar-refractivity contribution < 1.29 is 9.53 Å². The summed E-state index contributed by atoms with van der Waals surface area (Å²) in [6.45, 7) is 2.38. The van der Waals surface area contributed by atoms with E-state index in [1.807, 2.05) is 0 Å². The van der Waals surface area contributed by atoms with Crippen molar-refractivity contribution in [1.29, 1.82) is 0 Å². The number of ether oxygens (including phenoxy) is 1. The zero-order valence-corrected chi connectivity index (χ0v) is 14.5. The van der Waals surface area contributed by atoms with Gasteiger partial charge in [-0.3, -0.25) is 9.59 Å². The minimum Gasteiger partial charge on any atom is -0.373 e. The van der Waals surface area contributed by atoms with Crippen molar-refractivity contribution in [2.45, 2.75) is 57.1 Å². The van der Waals surface area contributed by atoms with Crippen LogP contribution in [0.3, 0.4) is 0 Å². The molecule has 1 atom stereocenters. The molecule has 24 heavy (non-hydrogen) atoms. The van der Waals surface area contributed by atoms with Crippen molar-refractivity contribution in [1.82, 2.24) is 15.3 Å². The van der Waals surface area contributed by atoms with E-state index in [1.165, 1.54) is 36.9 Å². The molecule has 7 heteroatoms. The average Bonchev–Trinajstić information content (AvgIpc) is 3.11. The van der Waals surface area contributed by atoms with Gasteiger partial charge in [-0.05, 0) is 31.7 Å². The van der Waals surface area contributed by atoms with Gasteiger partial charge in [0.05, 0.1) is 34.8 Å². The first-order valence-corrected chi connectivity index (χ1v) is 9.31. The van der Waals surface area contributed by atoms with Gasteiger partial charge >= 0.3 is 0 Å². The second kappa shape index (κ2) is 5.97. The lowest BCUT2D eigenvalue weighted by Crippen LogP contribution is -2.37. The predicted octanol–water partition coefficient (Wildman–Crippen LogP) is 2.51. The summed E-state index contributed by atoms with van der Waals surface area (Å²) in [7, 11) is 0. The minimum absolute atomic E-state index is 0.0237. The zero-order valence-electron chi connectivity index (χ0n) is 13.7. The third kappa shape index (κ3) is 2.65. The summed E-state index contributed by atoms with van der Waals surface area (Å²) in [5, 5.41) is 3.61. The molecule has 1 spiro atoms. The summed E-state index contributed by atoms with van der Waals surface area (Å²) in [4.78, 5) is 32.5. The second-order valence-electron chi connectivity index (χ2n) is 6.90. The third-order valence-electron chi connectivity index (χ3n) is 5.25. The highest BCUT2D eigenvalue weighted by Gasteiger charge is 2.41. The van der Waals surface area contributed by atoms with Gasteiger partial charge in [0.25, 0.3) is 11.5 Å². The number of aryl methyl sites for hydroxylation is 1. The Morgan fingerprint density at radius 1 is 1.42 bits per heavy atom. The fourth-order valence-corrected chi connectivity index (χ4v) is 5.08. The van der Waals surface area contributed by atoms with E-state index in [0.29, 0.717) is 27.3 Å². The maximum atomic E-state index is 12.7. The molecule has 1 saturated heterocycles. The van der Waals surface area contributed by atoms with Gasteiger partial charge in [0.2, 0.25) is 0 Å². The van der Waals surface area contributed by atoms with Crippen molar-refractivity contribution in [3.05, 3.63) is 27.1 Å². The average molecular weight is 347 g/mol. The summed E-state index contributed by atoms with van der Waals surface area (Å²) in [6, 6.07) is 0.0476. The molecular weight excluding hydrogens is 326 g/mol. The summed E-state index contributed by atoms with van der Waals surface area (Å²) in [6.07, 6.45) is 8.17. The van der Waals surface area contributed by atoms with E-state index in [0.717, 1.165) is 19.3 Å². The number of H-pyrrole nitrogens is 1. The molecule has 2 aromatic heterocycles. The zero-order chi connectivity index (χ0) is 16.7. The van der Waals surface area contributed by atoms with Gasteiger partial charge in [-0.2, -0.15) is 0 Å². The molecule has 4 rings (SSSR count). The number of rotatable bonds is 2. The molecule has 6 nitrogen and oxygen atoms in total. The number of amides is 1. The molecule has 2 aliphatic rings. The number of aromatic amines is 1. The van der Waals surface area contributed by atoms with Gasteiger partial charge in [-0.25, -0.2) is 4.98 Å². The van der Waals surface area contributed by atoms with Crippen molar-refractivity contribution in [2.75, 3.05) is 6.61 Å². The molecule has 1 aliphatic carbocycles. The van der Waals surface area contributed by atoms with Crippen LogP contribution >= 0.6 is 11.3 Å². The number of aromatic nitrogens is 2. The number of fused-ring (bicyclic) bond motifs is 1. The maximum Gasteiger partial charge on any atom is 0.262 e. The second-order valence-corrected chi connectivity index (χ2v) is 7.90. The van der Waals surface area contributed by atoms with E-state index < -0.39 is 0 Å². The third-order valence-corrected chi connectivity index (χ3v) is 6.45. The van der Waals surface area contributed by atoms with E-state index in [4.69, 9.17) is 4.74 Å². The van der Waals surface area contributed by atoms with Gasteiger partial charge in [-0.15, -0.1) is 11.3 Å². The van der Waals surface area contributed by atoms with Gasteiger partial charge in [-0.1, -0.05) is 19.3 Å². The van der Waals surface area contributed by atoms with Crippen LogP contribution in [0.1, 0.15) is 53.8 Å². The SMILES string of the molecule is Cc1c(C(=O)N[C@H]2COC3(CCCCC3)C2)sc2nc[nH]c(=O)c12. The van der Waals surface area contributed by atoms with Crippen LogP contribution in [0.25, 0.3) is 10.2 Å². The van der Waals surface area contributed by atoms with E-state index >= 15 is 0 Å². The van der Waals surface area contributed by atoms with Crippen molar-refractivity contribution in [2.24, 2.45) is 0 Å². The molecule has 2 fully saturated rings. The molecule has 0 radical (unpaired) electrons. The quantitative estimate of drug-likeness (QED) is 0.874. The fourth-order valence-electron chi connectivity index (χ4n) is 4.03. The smallest absolute Gasteiger partial charge is 0.262 e. The largest absolute Gasteiger partial charge is 0.373 e. The van der Waals surface area contributed by atoms with Gasteiger partial charge in [0.15, 0.2) is 0 Å². The molecule has 2 N–H and O–H groups in total. The van der Waals surface area contributed by atoms with E-state index in [1.54, 1.807) is 6.92 Å². The van der Waals surface area contributed by atoms with Crippen LogP contribution in [0.2, 0.25) is 0 Å². The first kappa shape index (κ1) is 15.8. The number of thiophene rings is 1. The van der Waals surface area contributed by atoms with Crippen LogP contribution in [0.5, 0.6) is 0 Å². The maximum absolute atomic E-state index is 12.7. The Morgan fingerprint density at radius 3 is 2.96 bits per heavy atom. The fraction of sp³-hybridized carbons (Fsp3) is 0.588. The van der Waals surface area contributed by atoms with Crippen molar-refractivity contribution in [3.63, 3.8) is 0 Å². The predicted molar refractivity (Wildman–Crippen MR) is 92.6 cm³/mol. The summed E-state index contributed by atoms with van der Waals surface area (Å²) >= 11 is 1.27. The van der Waals surface area contributed by atoms with Gasteiger partial charge < -0.3 is 15.0 Å². The number of carbonyl (C=O) groups excluding carboxylic acids is 1. The van der Waals surface area contributed by atoms with Crippen LogP contribution in [-0.4, -0.2) is 34.1 Å². The Bertz CT molecular complexity index is 835. The Balaban J connectivity index is 1.52. The number of hydrogen-bond donors (Lipinski definition) is 2. The van der Waals surface area contributed by atoms with Crippen LogP contribution in [0.15, 0.2) is 11.1 Å². The standard InChI is InChI=1S/C17H21N3O3S/c1-10-12-14(21)18-9-19-16(12)24-13(10)15(22)20-11-7-17(23-8-11)5-3-2-4-6-17/h9,11H,2-8H2,1H3,(H,20,22)(H,18,19,21)/t11-/m1/s1. The summed E-state index contributed by atoms with van der Waals surface area (Å²) < 4.78 is 6.06. The minimum atomic E-state index is -0.196. The van der Waals surface area contributed by atoms with Crippen molar-refractivity contribution >= 4 is 27.5 Å². The lowest BCUT2D eigenvalue weighted by Gasteiger charge is -2.32. The van der Waals surface area contributed by atoms with E-state index in [2.05, 4.69) is 15.3 Å². The molecular formula is C17H21N3O3S. The van der Waals surface area contributed by atoms with Crippen molar-refractivity contribution in [3.8, 4) is 0 Å². The molecule has 3 heterocycles. The Hall–Kier alpha value is -1.73. The summed E-state index contributed by atoms with van der Waals surface area (Å²) in [5.41, 5.74) is 0.482. The monoisotopic (exact) mass is 347 g/mol. The molecule has 0 unspecified atom stereocenters. The summed E-state index contributed by atoms with van der Waals surface area (Å²) in [5.74, 6) is -0.128. The number of carbonyl (C=O) groups is 1. The molecule has 1 amide bonds. The Kier molecular flexibility index (Phi) is 3.92. The first-order valence-electron chi connectivity index (χ1n) is 8.50. The van der Waals surface area contributed by atoms with Crippen LogP contribution in [-0.2, 0) is 4.74 Å². The molecule has 1 aliphatic heterocycles. The highest BCUT2D eigenvalue weighted by Crippen LogP contribution is 2.39. The van der Waals surface area contributed by atoms with Gasteiger partial charge in [0.1, 0.15) is 4.83 Å². The lowest BCUT2D eigenvalue weighted by molar-refractivity contribution is -0.0246. The number of nitrogens with zero attached hydrogens (tertiary/aromatic N) is 1. The molecule has 1 saturated carbocycles. The molecule has 0 bridgehead atoms. The van der Waals surface area contributed by atoms with Crippen LogP contribution < -0.4 is 10.9 Å². The Morgan fingerprint density at radius 2 is 2.21 bits per heavy atom. The molecule has 2 aromatic rings. The number of nitrogens with one attached hydrogen (secondary N) is 2. The van der Waals surface area contributed by atoms with E-state index in [9.17, 15) is 9.59 Å². The van der Waals surface area contributed by atoms with Crippen LogP contribution in [0, 0.1) is 6.92 Å². The topological polar surface area (TPSA) is 84.1 Å². The normalized spacial score (nSPS) is 23.0. The molecule has 0 aromatic carbocycles. The Labute approximate surface area is 143 Å². The van der Waals surface area contributed by atoms with E-state index in [-0.39, 0.29) is 23.1 Å². The highest BCUT2D eigenvalue weighted by atomic mass is 32.1. The molecule has 128 valence electrons. The van der Waals surface area contributed by atoms with Gasteiger partial charge in [0, 0.05) is 0 Å². The van der Waals surface area contributed by atoms with Crippen LogP contribution in [0.4, 0.5) is 0 Å². The lowest BCUT2D eigenvalue weighted by atomic mass is 9.82. The first-order chi connectivity index (χ1) is 11.6. The number of hydrogen-bond acceptors (Lipinski definition) is 5.